The maximum atomic E-state index is 13.1. The Morgan fingerprint density at radius 3 is 2.58 bits per heavy atom. The number of carbonyl (C=O) groups excluding carboxylic acids is 1. The van der Waals surface area contributed by atoms with Crippen molar-refractivity contribution in [1.82, 2.24) is 0 Å². The maximum absolute atomic E-state index is 13.1. The SMILES string of the molecule is O=C1N(CCCOc2ccc(Cl)cc2)c2ccccc2C12OCCCO2. The van der Waals surface area contributed by atoms with Crippen LogP contribution in [0.15, 0.2) is 48.5 Å². The van der Waals surface area contributed by atoms with E-state index in [2.05, 4.69) is 0 Å². The zero-order valence-electron chi connectivity index (χ0n) is 14.3. The van der Waals surface area contributed by atoms with E-state index >= 15 is 0 Å². The number of benzene rings is 2. The average Bonchev–Trinajstić information content (AvgIpc) is 2.90. The first-order valence-electron chi connectivity index (χ1n) is 8.78. The van der Waals surface area contributed by atoms with Crippen molar-refractivity contribution >= 4 is 23.2 Å². The third-order valence-corrected chi connectivity index (χ3v) is 4.84. The van der Waals surface area contributed by atoms with Gasteiger partial charge in [0.25, 0.3) is 11.7 Å². The lowest BCUT2D eigenvalue weighted by Crippen LogP contribution is -2.47. The second-order valence-corrected chi connectivity index (χ2v) is 6.73. The molecule has 2 aliphatic heterocycles. The third kappa shape index (κ3) is 3.07. The van der Waals surface area contributed by atoms with Crippen LogP contribution in [0.3, 0.4) is 0 Å². The monoisotopic (exact) mass is 373 g/mol. The number of carbonyl (C=O) groups is 1. The van der Waals surface area contributed by atoms with E-state index in [9.17, 15) is 4.79 Å². The van der Waals surface area contributed by atoms with E-state index in [0.29, 0.717) is 37.8 Å². The summed E-state index contributed by atoms with van der Waals surface area (Å²) in [5.41, 5.74) is 1.65. The molecule has 0 aromatic heterocycles. The Morgan fingerprint density at radius 1 is 1.08 bits per heavy atom. The standard InChI is InChI=1S/C20H20ClNO4/c21-15-7-9-16(10-8-15)24-12-3-11-22-18-6-2-1-5-17(18)20(19(22)23)25-13-4-14-26-20/h1-2,5-10H,3-4,11-14H2. The predicted molar refractivity (Wildman–Crippen MR) is 98.6 cm³/mol. The predicted octanol–water partition coefficient (Wildman–Crippen LogP) is 3.75. The minimum atomic E-state index is -1.27. The molecule has 4 rings (SSSR count). The Morgan fingerprint density at radius 2 is 1.81 bits per heavy atom. The first-order chi connectivity index (χ1) is 12.7. The van der Waals surface area contributed by atoms with Gasteiger partial charge in [-0.1, -0.05) is 29.8 Å². The molecule has 2 aliphatic rings. The largest absolute Gasteiger partial charge is 0.494 e. The summed E-state index contributed by atoms with van der Waals surface area (Å²) in [5.74, 6) is -0.658. The van der Waals surface area contributed by atoms with Gasteiger partial charge in [0.15, 0.2) is 0 Å². The second kappa shape index (κ2) is 7.27. The molecule has 6 heteroatoms. The van der Waals surface area contributed by atoms with Crippen molar-refractivity contribution in [1.29, 1.82) is 0 Å². The normalized spacial score (nSPS) is 18.2. The van der Waals surface area contributed by atoms with Crippen molar-refractivity contribution in [2.75, 3.05) is 31.3 Å². The minimum absolute atomic E-state index is 0.148. The molecular formula is C20H20ClNO4. The van der Waals surface area contributed by atoms with Crippen LogP contribution >= 0.6 is 11.6 Å². The molecule has 0 atom stereocenters. The van der Waals surface area contributed by atoms with Crippen molar-refractivity contribution in [3.8, 4) is 5.75 Å². The zero-order chi connectivity index (χ0) is 18.0. The number of nitrogens with zero attached hydrogens (tertiary/aromatic N) is 1. The molecule has 0 radical (unpaired) electrons. The smallest absolute Gasteiger partial charge is 0.292 e. The number of amides is 1. The summed E-state index contributed by atoms with van der Waals surface area (Å²) in [5, 5.41) is 0.675. The second-order valence-electron chi connectivity index (χ2n) is 6.30. The van der Waals surface area contributed by atoms with Gasteiger partial charge in [-0.3, -0.25) is 4.79 Å². The van der Waals surface area contributed by atoms with E-state index in [4.69, 9.17) is 25.8 Å². The highest BCUT2D eigenvalue weighted by atomic mass is 35.5. The van der Waals surface area contributed by atoms with Gasteiger partial charge in [-0.2, -0.15) is 0 Å². The topological polar surface area (TPSA) is 48.0 Å². The number of fused-ring (bicyclic) bond motifs is 2. The first-order valence-corrected chi connectivity index (χ1v) is 9.16. The van der Waals surface area contributed by atoms with Crippen LogP contribution < -0.4 is 9.64 Å². The molecule has 0 unspecified atom stereocenters. The van der Waals surface area contributed by atoms with Crippen molar-refractivity contribution in [3.05, 3.63) is 59.1 Å². The number of ether oxygens (including phenoxy) is 3. The Bertz CT molecular complexity index is 787. The molecule has 0 aliphatic carbocycles. The molecule has 0 N–H and O–H groups in total. The van der Waals surface area contributed by atoms with Crippen molar-refractivity contribution in [2.24, 2.45) is 0 Å². The molecule has 0 bridgehead atoms. The van der Waals surface area contributed by atoms with Crippen LogP contribution in [0.4, 0.5) is 5.69 Å². The van der Waals surface area contributed by atoms with E-state index in [1.807, 2.05) is 36.4 Å². The number of para-hydroxylation sites is 1. The molecule has 1 amide bonds. The highest BCUT2D eigenvalue weighted by Crippen LogP contribution is 2.44. The van der Waals surface area contributed by atoms with Gasteiger partial charge >= 0.3 is 0 Å². The third-order valence-electron chi connectivity index (χ3n) is 4.58. The summed E-state index contributed by atoms with van der Waals surface area (Å²) >= 11 is 5.87. The summed E-state index contributed by atoms with van der Waals surface area (Å²) < 4.78 is 17.4. The van der Waals surface area contributed by atoms with Gasteiger partial charge in [-0.05, 0) is 43.2 Å². The van der Waals surface area contributed by atoms with E-state index in [1.165, 1.54) is 0 Å². The van der Waals surface area contributed by atoms with Crippen LogP contribution in [-0.4, -0.2) is 32.3 Å². The van der Waals surface area contributed by atoms with Crippen molar-refractivity contribution in [2.45, 2.75) is 18.6 Å². The van der Waals surface area contributed by atoms with Gasteiger partial charge in [-0.25, -0.2) is 0 Å². The number of rotatable bonds is 5. The van der Waals surface area contributed by atoms with Crippen LogP contribution in [-0.2, 0) is 20.1 Å². The molecule has 5 nitrogen and oxygen atoms in total. The molecular weight excluding hydrogens is 354 g/mol. The average molecular weight is 374 g/mol. The fourth-order valence-corrected chi connectivity index (χ4v) is 3.49. The quantitative estimate of drug-likeness (QED) is 0.749. The Balaban J connectivity index is 1.43. The zero-order valence-corrected chi connectivity index (χ0v) is 15.1. The van der Waals surface area contributed by atoms with Gasteiger partial charge in [0.2, 0.25) is 0 Å². The molecule has 1 spiro atoms. The summed E-state index contributed by atoms with van der Waals surface area (Å²) in [4.78, 5) is 14.8. The number of halogens is 1. The molecule has 0 saturated carbocycles. The van der Waals surface area contributed by atoms with Gasteiger partial charge in [-0.15, -0.1) is 0 Å². The van der Waals surface area contributed by atoms with Crippen LogP contribution in [0, 0.1) is 0 Å². The fraction of sp³-hybridized carbons (Fsp3) is 0.350. The van der Waals surface area contributed by atoms with E-state index in [1.54, 1.807) is 17.0 Å². The molecule has 1 fully saturated rings. The Labute approximate surface area is 157 Å². The molecule has 2 heterocycles. The van der Waals surface area contributed by atoms with Crippen LogP contribution in [0.2, 0.25) is 5.02 Å². The lowest BCUT2D eigenvalue weighted by Gasteiger charge is -2.32. The Kier molecular flexibility index (Phi) is 4.85. The first kappa shape index (κ1) is 17.3. The van der Waals surface area contributed by atoms with E-state index < -0.39 is 5.79 Å². The van der Waals surface area contributed by atoms with Gasteiger partial charge < -0.3 is 19.1 Å². The van der Waals surface area contributed by atoms with Crippen molar-refractivity contribution < 1.29 is 19.0 Å². The lowest BCUT2D eigenvalue weighted by atomic mass is 10.1. The summed E-state index contributed by atoms with van der Waals surface area (Å²) in [6, 6.07) is 14.9. The van der Waals surface area contributed by atoms with Crippen molar-refractivity contribution in [3.63, 3.8) is 0 Å². The van der Waals surface area contributed by atoms with Gasteiger partial charge in [0.05, 0.1) is 25.5 Å². The number of hydrogen-bond donors (Lipinski definition) is 0. The van der Waals surface area contributed by atoms with Crippen LogP contribution in [0.1, 0.15) is 18.4 Å². The van der Waals surface area contributed by atoms with Gasteiger partial charge in [0.1, 0.15) is 5.75 Å². The number of hydrogen-bond acceptors (Lipinski definition) is 4. The maximum Gasteiger partial charge on any atom is 0.292 e. The minimum Gasteiger partial charge on any atom is -0.494 e. The summed E-state index contributed by atoms with van der Waals surface area (Å²) in [7, 11) is 0. The molecule has 1 saturated heterocycles. The lowest BCUT2D eigenvalue weighted by molar-refractivity contribution is -0.256. The Hall–Kier alpha value is -2.08. The molecule has 2 aromatic rings. The van der Waals surface area contributed by atoms with Gasteiger partial charge in [0, 0.05) is 17.1 Å². The van der Waals surface area contributed by atoms with Crippen LogP contribution in [0.5, 0.6) is 5.75 Å². The highest BCUT2D eigenvalue weighted by molar-refractivity contribution is 6.30. The fourth-order valence-electron chi connectivity index (χ4n) is 3.37. The molecule has 2 aromatic carbocycles. The number of anilines is 1. The highest BCUT2D eigenvalue weighted by Gasteiger charge is 2.54. The molecule has 136 valence electrons. The van der Waals surface area contributed by atoms with E-state index in [0.717, 1.165) is 23.4 Å². The summed E-state index contributed by atoms with van der Waals surface area (Å²) in [6.07, 6.45) is 1.49. The van der Waals surface area contributed by atoms with Crippen LogP contribution in [0.25, 0.3) is 0 Å². The summed E-state index contributed by atoms with van der Waals surface area (Å²) in [6.45, 7) is 2.08. The van der Waals surface area contributed by atoms with E-state index in [-0.39, 0.29) is 5.91 Å². The molecule has 26 heavy (non-hydrogen) atoms.